The first-order valence-electron chi connectivity index (χ1n) is 11.8. The summed E-state index contributed by atoms with van der Waals surface area (Å²) in [5.74, 6) is -2.48. The van der Waals surface area contributed by atoms with E-state index in [1.165, 1.54) is 12.1 Å². The van der Waals surface area contributed by atoms with E-state index in [1.54, 1.807) is 18.2 Å². The van der Waals surface area contributed by atoms with Gasteiger partial charge in [0.1, 0.15) is 11.9 Å². The summed E-state index contributed by atoms with van der Waals surface area (Å²) in [7, 11) is 0. The minimum Gasteiger partial charge on any atom is -0.455 e. The van der Waals surface area contributed by atoms with Crippen molar-refractivity contribution in [3.05, 3.63) is 83.7 Å². The van der Waals surface area contributed by atoms with Gasteiger partial charge < -0.3 is 20.5 Å². The number of ether oxygens (including phenoxy) is 1. The topological polar surface area (TPSA) is 105 Å². The van der Waals surface area contributed by atoms with Crippen LogP contribution in [0.15, 0.2) is 66.7 Å². The number of aliphatic hydroxyl groups excluding tert-OH is 1. The smallest absolute Gasteiger partial charge is 0.310 e. The predicted molar refractivity (Wildman–Crippen MR) is 128 cm³/mol. The van der Waals surface area contributed by atoms with Gasteiger partial charge in [-0.2, -0.15) is 0 Å². The molecule has 0 aromatic heterocycles. The molecule has 3 N–H and O–H groups in total. The third kappa shape index (κ3) is 8.33. The Labute approximate surface area is 204 Å². The van der Waals surface area contributed by atoms with Crippen LogP contribution in [0.2, 0.25) is 0 Å². The zero-order valence-electron chi connectivity index (χ0n) is 19.5. The second kappa shape index (κ2) is 13.4. The van der Waals surface area contributed by atoms with E-state index in [9.17, 15) is 18.8 Å². The first-order valence-corrected chi connectivity index (χ1v) is 11.8. The number of nitrogens with one attached hydrogen (secondary N) is 2. The third-order valence-corrected chi connectivity index (χ3v) is 5.86. The van der Waals surface area contributed by atoms with Crippen molar-refractivity contribution in [3.63, 3.8) is 0 Å². The molecule has 2 amide bonds. The van der Waals surface area contributed by atoms with Crippen molar-refractivity contribution in [2.75, 3.05) is 19.7 Å². The molecule has 0 radical (unpaired) electrons. The Balaban J connectivity index is 1.82. The minimum absolute atomic E-state index is 0.0228. The maximum atomic E-state index is 13.3. The highest BCUT2D eigenvalue weighted by Crippen LogP contribution is 2.24. The van der Waals surface area contributed by atoms with Gasteiger partial charge in [0.15, 0.2) is 0 Å². The lowest BCUT2D eigenvalue weighted by molar-refractivity contribution is -0.154. The van der Waals surface area contributed by atoms with Gasteiger partial charge in [-0.15, -0.1) is 0 Å². The van der Waals surface area contributed by atoms with Gasteiger partial charge in [-0.25, -0.2) is 4.39 Å². The van der Waals surface area contributed by atoms with Crippen LogP contribution in [-0.2, 0) is 25.5 Å². The Morgan fingerprint density at radius 2 is 1.71 bits per heavy atom. The van der Waals surface area contributed by atoms with E-state index in [2.05, 4.69) is 10.6 Å². The zero-order chi connectivity index (χ0) is 25.0. The molecule has 7 nitrogen and oxygen atoms in total. The highest BCUT2D eigenvalue weighted by atomic mass is 19.1. The maximum Gasteiger partial charge on any atom is 0.310 e. The number of allylic oxidation sites excluding steroid dienone is 2. The summed E-state index contributed by atoms with van der Waals surface area (Å²) in [6, 6.07) is 15.2. The largest absolute Gasteiger partial charge is 0.455 e. The molecule has 1 aliphatic heterocycles. The number of rotatable bonds is 7. The van der Waals surface area contributed by atoms with E-state index < -0.39 is 23.9 Å². The molecule has 2 aromatic carbocycles. The number of hydrogen-bond donors (Lipinski definition) is 3. The second-order valence-electron chi connectivity index (χ2n) is 8.53. The summed E-state index contributed by atoms with van der Waals surface area (Å²) in [6.07, 6.45) is 3.98. The molecule has 0 saturated carbocycles. The summed E-state index contributed by atoms with van der Waals surface area (Å²) in [4.78, 5) is 38.2. The number of hydrogen-bond acceptors (Lipinski definition) is 5. The van der Waals surface area contributed by atoms with Crippen molar-refractivity contribution < 1.29 is 28.6 Å². The van der Waals surface area contributed by atoms with Gasteiger partial charge in [0.2, 0.25) is 11.8 Å². The lowest BCUT2D eigenvalue weighted by atomic mass is 9.94. The van der Waals surface area contributed by atoms with E-state index in [-0.39, 0.29) is 43.7 Å². The fraction of sp³-hybridized carbons (Fsp3) is 0.370. The SMILES string of the molecule is O=C(C[C@H]1C/C=C\C[C@@H](Cc2ccc(F)cc2)C(=O)O[C@@H](c2ccccc2)CNC1=O)NCCO. The summed E-state index contributed by atoms with van der Waals surface area (Å²) in [5, 5.41) is 14.3. The molecule has 0 aliphatic carbocycles. The van der Waals surface area contributed by atoms with Gasteiger partial charge in [0.25, 0.3) is 0 Å². The molecule has 0 fully saturated rings. The summed E-state index contributed by atoms with van der Waals surface area (Å²) >= 11 is 0. The number of carbonyl (C=O) groups excluding carboxylic acids is 3. The van der Waals surface area contributed by atoms with Crippen molar-refractivity contribution >= 4 is 17.8 Å². The second-order valence-corrected chi connectivity index (χ2v) is 8.53. The van der Waals surface area contributed by atoms with Gasteiger partial charge in [-0.05, 0) is 42.5 Å². The lowest BCUT2D eigenvalue weighted by Crippen LogP contribution is -2.38. The maximum absolute atomic E-state index is 13.3. The normalized spacial score (nSPS) is 22.2. The summed E-state index contributed by atoms with van der Waals surface area (Å²) in [5.41, 5.74) is 1.56. The van der Waals surface area contributed by atoms with Crippen molar-refractivity contribution in [1.29, 1.82) is 0 Å². The van der Waals surface area contributed by atoms with Gasteiger partial charge in [0, 0.05) is 13.0 Å². The van der Waals surface area contributed by atoms with Crippen molar-refractivity contribution in [2.24, 2.45) is 11.8 Å². The zero-order valence-corrected chi connectivity index (χ0v) is 19.5. The fourth-order valence-electron chi connectivity index (χ4n) is 3.93. The molecule has 186 valence electrons. The molecule has 0 unspecified atom stereocenters. The van der Waals surface area contributed by atoms with Crippen LogP contribution in [-0.4, -0.2) is 42.6 Å². The molecular formula is C27H31FN2O5. The molecule has 1 heterocycles. The van der Waals surface area contributed by atoms with Crippen LogP contribution in [0.3, 0.4) is 0 Å². The first-order chi connectivity index (χ1) is 17.0. The van der Waals surface area contributed by atoms with Crippen molar-refractivity contribution in [2.45, 2.75) is 31.8 Å². The van der Waals surface area contributed by atoms with Crippen LogP contribution in [0.25, 0.3) is 0 Å². The van der Waals surface area contributed by atoms with Gasteiger partial charge in [0.05, 0.1) is 25.0 Å². The molecule has 0 bridgehead atoms. The average molecular weight is 483 g/mol. The Hall–Kier alpha value is -3.52. The number of cyclic esters (lactones) is 1. The molecule has 0 spiro atoms. The van der Waals surface area contributed by atoms with E-state index in [1.807, 2.05) is 36.4 Å². The average Bonchev–Trinajstić information content (AvgIpc) is 2.87. The number of esters is 1. The molecule has 8 heteroatoms. The molecule has 3 atom stereocenters. The number of benzene rings is 2. The highest BCUT2D eigenvalue weighted by Gasteiger charge is 2.27. The number of aliphatic hydroxyl groups is 1. The molecule has 0 saturated heterocycles. The monoisotopic (exact) mass is 482 g/mol. The third-order valence-electron chi connectivity index (χ3n) is 5.86. The van der Waals surface area contributed by atoms with Crippen LogP contribution in [0.5, 0.6) is 0 Å². The van der Waals surface area contributed by atoms with Gasteiger partial charge in [-0.3, -0.25) is 14.4 Å². The molecule has 3 rings (SSSR count). The van der Waals surface area contributed by atoms with Crippen molar-refractivity contribution in [3.8, 4) is 0 Å². The fourth-order valence-corrected chi connectivity index (χ4v) is 3.93. The first kappa shape index (κ1) is 26.1. The molecular weight excluding hydrogens is 451 g/mol. The Morgan fingerprint density at radius 1 is 1.03 bits per heavy atom. The molecule has 35 heavy (non-hydrogen) atoms. The van der Waals surface area contributed by atoms with E-state index in [4.69, 9.17) is 9.84 Å². The standard InChI is InChI=1S/C27H31FN2O5/c28-23-12-10-19(11-13-23)16-22-9-5-4-8-21(17-25(32)29-14-15-31)26(33)30-18-24(35-27(22)34)20-6-2-1-3-7-20/h1-7,10-13,21-22,24,31H,8-9,14-18H2,(H,29,32)(H,30,33)/b5-4-/t21-,22+,24-/m1/s1. The van der Waals surface area contributed by atoms with Crippen LogP contribution in [0.4, 0.5) is 4.39 Å². The van der Waals surface area contributed by atoms with Crippen LogP contribution >= 0.6 is 0 Å². The quantitative estimate of drug-likeness (QED) is 0.416. The Morgan fingerprint density at radius 3 is 2.40 bits per heavy atom. The highest BCUT2D eigenvalue weighted by molar-refractivity contribution is 5.86. The van der Waals surface area contributed by atoms with E-state index in [0.29, 0.717) is 19.3 Å². The summed E-state index contributed by atoms with van der Waals surface area (Å²) < 4.78 is 19.2. The predicted octanol–water partition coefficient (Wildman–Crippen LogP) is 2.85. The Bertz CT molecular complexity index is 1010. The van der Waals surface area contributed by atoms with Gasteiger partial charge >= 0.3 is 5.97 Å². The number of halogens is 1. The van der Waals surface area contributed by atoms with E-state index >= 15 is 0 Å². The number of carbonyl (C=O) groups is 3. The minimum atomic E-state index is -0.698. The summed E-state index contributed by atoms with van der Waals surface area (Å²) in [6.45, 7) is 0.0124. The number of amides is 2. The molecule has 2 aromatic rings. The molecule has 1 aliphatic rings. The lowest BCUT2D eigenvalue weighted by Gasteiger charge is -2.24. The van der Waals surface area contributed by atoms with E-state index in [0.717, 1.165) is 11.1 Å². The van der Waals surface area contributed by atoms with Crippen LogP contribution in [0.1, 0.15) is 36.5 Å². The van der Waals surface area contributed by atoms with Gasteiger partial charge in [-0.1, -0.05) is 54.6 Å². The van der Waals surface area contributed by atoms with Crippen LogP contribution in [0, 0.1) is 17.7 Å². The van der Waals surface area contributed by atoms with Crippen molar-refractivity contribution in [1.82, 2.24) is 10.6 Å². The Kier molecular flexibility index (Phi) is 9.98. The van der Waals surface area contributed by atoms with Crippen LogP contribution < -0.4 is 10.6 Å².